The van der Waals surface area contributed by atoms with E-state index in [-0.39, 0.29) is 34.2 Å². The third kappa shape index (κ3) is 6.22. The highest BCUT2D eigenvalue weighted by Crippen LogP contribution is 2.26. The molecule has 0 bridgehead atoms. The van der Waals surface area contributed by atoms with Gasteiger partial charge in [-0.25, -0.2) is 8.42 Å². The molecule has 1 aliphatic heterocycles. The molecule has 2 N–H and O–H groups in total. The van der Waals surface area contributed by atoms with Crippen molar-refractivity contribution in [2.24, 2.45) is 0 Å². The number of hydrogen-bond donors (Lipinski definition) is 2. The molecule has 9 nitrogen and oxygen atoms in total. The van der Waals surface area contributed by atoms with Crippen molar-refractivity contribution in [3.63, 3.8) is 0 Å². The van der Waals surface area contributed by atoms with E-state index in [1.165, 1.54) is 36.4 Å². The topological polar surface area (TPSA) is 116 Å². The van der Waals surface area contributed by atoms with Crippen molar-refractivity contribution in [3.8, 4) is 0 Å². The van der Waals surface area contributed by atoms with Crippen LogP contribution in [0.25, 0.3) is 0 Å². The third-order valence-electron chi connectivity index (χ3n) is 5.94. The number of amides is 3. The molecule has 0 aromatic heterocycles. The van der Waals surface area contributed by atoms with Crippen LogP contribution in [0.5, 0.6) is 0 Å². The summed E-state index contributed by atoms with van der Waals surface area (Å²) >= 11 is 0. The molecule has 0 spiro atoms. The number of carbonyl (C=O) groups is 3. The maximum atomic E-state index is 13.6. The van der Waals surface area contributed by atoms with Gasteiger partial charge in [0.1, 0.15) is 0 Å². The van der Waals surface area contributed by atoms with Crippen molar-refractivity contribution in [1.82, 2.24) is 15.5 Å². The Hall–Kier alpha value is -4.02. The molecule has 0 atom stereocenters. The molecule has 1 aliphatic rings. The van der Waals surface area contributed by atoms with E-state index in [1.807, 2.05) is 0 Å². The highest BCUT2D eigenvalue weighted by molar-refractivity contribution is 7.93. The Morgan fingerprint density at radius 1 is 0.811 bits per heavy atom. The lowest BCUT2D eigenvalue weighted by Gasteiger charge is -2.23. The molecular formula is C27H28N4O5S. The van der Waals surface area contributed by atoms with Gasteiger partial charge in [-0.3, -0.25) is 14.4 Å². The number of rotatable bonds is 7. The minimum atomic E-state index is -4.30. The van der Waals surface area contributed by atoms with E-state index < -0.39 is 21.8 Å². The van der Waals surface area contributed by atoms with E-state index >= 15 is 0 Å². The Balaban J connectivity index is 1.51. The summed E-state index contributed by atoms with van der Waals surface area (Å²) in [7, 11) is -4.30. The van der Waals surface area contributed by atoms with E-state index in [0.29, 0.717) is 19.6 Å². The number of nitrogens with one attached hydrogen (secondary N) is 2. The Kier molecular flexibility index (Phi) is 8.32. The van der Waals surface area contributed by atoms with Crippen molar-refractivity contribution < 1.29 is 22.8 Å². The van der Waals surface area contributed by atoms with Crippen molar-refractivity contribution in [1.29, 1.82) is 0 Å². The zero-order chi connectivity index (χ0) is 26.3. The minimum absolute atomic E-state index is 0.147. The largest absolute Gasteiger partial charge is 0.343 e. The van der Waals surface area contributed by atoms with Gasteiger partial charge in [0.05, 0.1) is 17.1 Å². The molecular weight excluding hydrogens is 492 g/mol. The van der Waals surface area contributed by atoms with Crippen LogP contribution in [-0.4, -0.2) is 63.8 Å². The summed E-state index contributed by atoms with van der Waals surface area (Å²) in [5, 5.41) is 5.82. The molecule has 10 heteroatoms. The molecule has 0 radical (unpaired) electrons. The Morgan fingerprint density at radius 2 is 1.46 bits per heavy atom. The quantitative estimate of drug-likeness (QED) is 0.494. The fraction of sp³-hybridized carbons (Fsp3) is 0.222. The van der Waals surface area contributed by atoms with Crippen LogP contribution in [0.15, 0.2) is 89.8 Å². The van der Waals surface area contributed by atoms with Crippen molar-refractivity contribution >= 4 is 33.4 Å². The lowest BCUT2D eigenvalue weighted by Crippen LogP contribution is -2.41. The number of nitrogens with zero attached hydrogens (tertiary/aromatic N) is 2. The normalized spacial score (nSPS) is 13.9. The summed E-state index contributed by atoms with van der Waals surface area (Å²) in [6, 6.07) is 21.5. The van der Waals surface area contributed by atoms with Gasteiger partial charge in [0.25, 0.3) is 21.8 Å². The van der Waals surface area contributed by atoms with Gasteiger partial charge < -0.3 is 15.5 Å². The van der Waals surface area contributed by atoms with E-state index in [9.17, 15) is 22.8 Å². The summed E-state index contributed by atoms with van der Waals surface area (Å²) < 4.78 is 27.9. The van der Waals surface area contributed by atoms with Gasteiger partial charge in [0.15, 0.2) is 0 Å². The van der Waals surface area contributed by atoms with Crippen molar-refractivity contribution in [2.75, 3.05) is 37.0 Å². The SMILES string of the molecule is O=C(NCC(=O)N1CCCNCC1)c1ccc(S(=O)(=O)N(C(=O)c2ccccc2)c2ccccc2)cc1. The van der Waals surface area contributed by atoms with E-state index in [4.69, 9.17) is 0 Å². The highest BCUT2D eigenvalue weighted by Gasteiger charge is 2.32. The first-order valence-corrected chi connectivity index (χ1v) is 13.4. The minimum Gasteiger partial charge on any atom is -0.343 e. The van der Waals surface area contributed by atoms with E-state index in [1.54, 1.807) is 53.4 Å². The van der Waals surface area contributed by atoms with Gasteiger partial charge >= 0.3 is 0 Å². The highest BCUT2D eigenvalue weighted by atomic mass is 32.2. The number of sulfonamides is 1. The van der Waals surface area contributed by atoms with Crippen LogP contribution in [0.4, 0.5) is 5.69 Å². The van der Waals surface area contributed by atoms with Gasteiger partial charge in [0, 0.05) is 30.8 Å². The first-order chi connectivity index (χ1) is 17.9. The second kappa shape index (κ2) is 11.8. The molecule has 1 saturated heterocycles. The first-order valence-electron chi connectivity index (χ1n) is 11.9. The second-order valence-corrected chi connectivity index (χ2v) is 10.3. The summed E-state index contributed by atoms with van der Waals surface area (Å²) in [6.07, 6.45) is 0.850. The number of para-hydroxylation sites is 1. The molecule has 0 saturated carbocycles. The Morgan fingerprint density at radius 3 is 2.14 bits per heavy atom. The molecule has 0 aliphatic carbocycles. The lowest BCUT2D eigenvalue weighted by atomic mass is 10.2. The first kappa shape index (κ1) is 26.1. The van der Waals surface area contributed by atoms with E-state index in [0.717, 1.165) is 17.3 Å². The average molecular weight is 521 g/mol. The number of anilines is 1. The Bertz CT molecular complexity index is 1340. The van der Waals surface area contributed by atoms with Crippen LogP contribution in [-0.2, 0) is 14.8 Å². The predicted molar refractivity (Wildman–Crippen MR) is 140 cm³/mol. The summed E-state index contributed by atoms with van der Waals surface area (Å²) in [4.78, 5) is 39.9. The molecule has 37 heavy (non-hydrogen) atoms. The van der Waals surface area contributed by atoms with Crippen molar-refractivity contribution in [3.05, 3.63) is 96.1 Å². The summed E-state index contributed by atoms with van der Waals surface area (Å²) in [5.74, 6) is -1.37. The lowest BCUT2D eigenvalue weighted by molar-refractivity contribution is -0.129. The second-order valence-electron chi connectivity index (χ2n) is 8.47. The zero-order valence-corrected chi connectivity index (χ0v) is 21.0. The van der Waals surface area contributed by atoms with Crippen LogP contribution in [0.2, 0.25) is 0 Å². The molecule has 3 amide bonds. The molecule has 192 valence electrons. The number of hydrogen-bond acceptors (Lipinski definition) is 6. The van der Waals surface area contributed by atoms with E-state index in [2.05, 4.69) is 10.6 Å². The van der Waals surface area contributed by atoms with Gasteiger partial charge in [-0.05, 0) is 61.5 Å². The average Bonchev–Trinajstić information content (AvgIpc) is 3.22. The molecule has 1 fully saturated rings. The maximum Gasteiger partial charge on any atom is 0.272 e. The number of benzene rings is 3. The predicted octanol–water partition coefficient (Wildman–Crippen LogP) is 2.27. The van der Waals surface area contributed by atoms with Crippen molar-refractivity contribution in [2.45, 2.75) is 11.3 Å². The van der Waals surface area contributed by atoms with Crippen LogP contribution in [0, 0.1) is 0 Å². The molecule has 3 aromatic carbocycles. The summed E-state index contributed by atoms with van der Waals surface area (Å²) in [6.45, 7) is 2.63. The van der Waals surface area contributed by atoms with Gasteiger partial charge in [-0.1, -0.05) is 36.4 Å². The smallest absolute Gasteiger partial charge is 0.272 e. The summed E-state index contributed by atoms with van der Waals surface area (Å²) in [5.41, 5.74) is 0.612. The molecule has 1 heterocycles. The fourth-order valence-corrected chi connectivity index (χ4v) is 5.39. The monoisotopic (exact) mass is 520 g/mol. The molecule has 4 rings (SSSR count). The van der Waals surface area contributed by atoms with Crippen LogP contribution in [0.1, 0.15) is 27.1 Å². The van der Waals surface area contributed by atoms with Gasteiger partial charge in [-0.2, -0.15) is 4.31 Å². The maximum absolute atomic E-state index is 13.6. The van der Waals surface area contributed by atoms with Crippen LogP contribution in [0.3, 0.4) is 0 Å². The van der Waals surface area contributed by atoms with Gasteiger partial charge in [-0.15, -0.1) is 0 Å². The standard InChI is InChI=1S/C27H28N4O5S/c32-25(30-18-7-16-28-17-19-30)20-29-26(33)21-12-14-24(15-13-21)37(35,36)31(23-10-5-2-6-11-23)27(34)22-8-3-1-4-9-22/h1-6,8-15,28H,7,16-20H2,(H,29,33). The molecule has 3 aromatic rings. The Labute approximate surface area is 216 Å². The van der Waals surface area contributed by atoms with Crippen LogP contribution < -0.4 is 14.9 Å². The molecule has 0 unspecified atom stereocenters. The fourth-order valence-electron chi connectivity index (χ4n) is 3.98. The number of carbonyl (C=O) groups excluding carboxylic acids is 3. The third-order valence-corrected chi connectivity index (χ3v) is 7.67. The van der Waals surface area contributed by atoms with Crippen LogP contribution >= 0.6 is 0 Å². The zero-order valence-electron chi connectivity index (χ0n) is 20.2. The van der Waals surface area contributed by atoms with Gasteiger partial charge in [0.2, 0.25) is 5.91 Å².